The lowest BCUT2D eigenvalue weighted by Crippen LogP contribution is -2.40. The number of hydrogen-bond acceptors (Lipinski definition) is 3. The van der Waals surface area contributed by atoms with Crippen molar-refractivity contribution in [1.82, 2.24) is 15.2 Å². The summed E-state index contributed by atoms with van der Waals surface area (Å²) in [7, 11) is 1.97. The summed E-state index contributed by atoms with van der Waals surface area (Å²) in [6.45, 7) is 2.63. The number of nitrogens with one attached hydrogen (secondary N) is 1. The number of carbonyl (C=O) groups excluding carboxylic acids is 1. The molecule has 1 N–H and O–H groups in total. The van der Waals surface area contributed by atoms with Crippen LogP contribution < -0.4 is 5.32 Å². The summed E-state index contributed by atoms with van der Waals surface area (Å²) in [6.07, 6.45) is 2.10. The highest BCUT2D eigenvalue weighted by molar-refractivity contribution is 6.31. The molecule has 0 unspecified atom stereocenters. The van der Waals surface area contributed by atoms with E-state index in [0.717, 1.165) is 43.4 Å². The van der Waals surface area contributed by atoms with Crippen molar-refractivity contribution < 1.29 is 4.79 Å². The SMILES string of the molecule is CNCC1CCN(C(=O)c2ccc3ccc(Cl)cc3n2)CC1. The van der Waals surface area contributed by atoms with Crippen molar-refractivity contribution in [3.05, 3.63) is 41.0 Å². The van der Waals surface area contributed by atoms with Crippen LogP contribution in [-0.2, 0) is 0 Å². The van der Waals surface area contributed by atoms with Crippen LogP contribution in [0.15, 0.2) is 30.3 Å². The highest BCUT2D eigenvalue weighted by Crippen LogP contribution is 2.21. The minimum atomic E-state index is 0.0183. The van der Waals surface area contributed by atoms with Gasteiger partial charge in [-0.1, -0.05) is 23.7 Å². The lowest BCUT2D eigenvalue weighted by atomic mass is 9.96. The number of aromatic nitrogens is 1. The van der Waals surface area contributed by atoms with Crippen molar-refractivity contribution >= 4 is 28.4 Å². The summed E-state index contributed by atoms with van der Waals surface area (Å²) in [6, 6.07) is 9.28. The first kappa shape index (κ1) is 15.3. The van der Waals surface area contributed by atoms with Crippen LogP contribution in [0.1, 0.15) is 23.3 Å². The molecule has 0 aliphatic carbocycles. The van der Waals surface area contributed by atoms with E-state index in [1.54, 1.807) is 12.1 Å². The van der Waals surface area contributed by atoms with Crippen molar-refractivity contribution in [2.75, 3.05) is 26.7 Å². The van der Waals surface area contributed by atoms with Crippen molar-refractivity contribution in [3.63, 3.8) is 0 Å². The number of carbonyl (C=O) groups is 1. The van der Waals surface area contributed by atoms with Crippen LogP contribution >= 0.6 is 11.6 Å². The van der Waals surface area contributed by atoms with Gasteiger partial charge < -0.3 is 10.2 Å². The predicted molar refractivity (Wildman–Crippen MR) is 89.3 cm³/mol. The molecule has 2 heterocycles. The number of halogens is 1. The summed E-state index contributed by atoms with van der Waals surface area (Å²) in [4.78, 5) is 19.0. The zero-order chi connectivity index (χ0) is 15.5. The van der Waals surface area contributed by atoms with Crippen molar-refractivity contribution in [1.29, 1.82) is 0 Å². The molecule has 0 spiro atoms. The Morgan fingerprint density at radius 3 is 2.77 bits per heavy atom. The molecule has 116 valence electrons. The number of nitrogens with zero attached hydrogens (tertiary/aromatic N) is 2. The van der Waals surface area contributed by atoms with Gasteiger partial charge in [0, 0.05) is 23.5 Å². The van der Waals surface area contributed by atoms with Gasteiger partial charge in [0.15, 0.2) is 0 Å². The number of benzene rings is 1. The number of amides is 1. The first-order chi connectivity index (χ1) is 10.7. The summed E-state index contributed by atoms with van der Waals surface area (Å²) in [5.74, 6) is 0.683. The molecule has 3 rings (SSSR count). The summed E-state index contributed by atoms with van der Waals surface area (Å²) >= 11 is 6.00. The molecule has 0 bridgehead atoms. The maximum Gasteiger partial charge on any atom is 0.272 e. The van der Waals surface area contributed by atoms with Gasteiger partial charge in [0.1, 0.15) is 5.69 Å². The van der Waals surface area contributed by atoms with Crippen LogP contribution in [0.4, 0.5) is 0 Å². The Kier molecular flexibility index (Phi) is 4.60. The fourth-order valence-corrected chi connectivity index (χ4v) is 3.17. The molecule has 1 amide bonds. The number of rotatable bonds is 3. The normalized spacial score (nSPS) is 16.2. The zero-order valence-electron chi connectivity index (χ0n) is 12.7. The molecule has 5 heteroatoms. The fraction of sp³-hybridized carbons (Fsp3) is 0.412. The third-order valence-electron chi connectivity index (χ3n) is 4.27. The van der Waals surface area contributed by atoms with Crippen LogP contribution in [0.3, 0.4) is 0 Å². The average Bonchev–Trinajstić information content (AvgIpc) is 2.54. The molecule has 1 aliphatic heterocycles. The van der Waals surface area contributed by atoms with E-state index in [9.17, 15) is 4.79 Å². The third-order valence-corrected chi connectivity index (χ3v) is 4.50. The highest BCUT2D eigenvalue weighted by atomic mass is 35.5. The molecule has 0 radical (unpaired) electrons. The number of likely N-dealkylation sites (tertiary alicyclic amines) is 1. The Balaban J connectivity index is 1.75. The highest BCUT2D eigenvalue weighted by Gasteiger charge is 2.24. The molecule has 1 aliphatic rings. The van der Waals surface area contributed by atoms with Gasteiger partial charge in [0.05, 0.1) is 5.52 Å². The number of pyridine rings is 1. The van der Waals surface area contributed by atoms with Gasteiger partial charge in [-0.05, 0) is 50.6 Å². The second kappa shape index (κ2) is 6.63. The molecule has 1 fully saturated rings. The molecule has 4 nitrogen and oxygen atoms in total. The van der Waals surface area contributed by atoms with E-state index < -0.39 is 0 Å². The molecule has 0 atom stereocenters. The lowest BCUT2D eigenvalue weighted by molar-refractivity contribution is 0.0685. The van der Waals surface area contributed by atoms with Crippen LogP contribution in [0.25, 0.3) is 10.9 Å². The predicted octanol–water partition coefficient (Wildman–Crippen LogP) is 2.96. The van der Waals surface area contributed by atoms with Crippen molar-refractivity contribution in [3.8, 4) is 0 Å². The summed E-state index contributed by atoms with van der Waals surface area (Å²) in [5, 5.41) is 4.84. The largest absolute Gasteiger partial charge is 0.337 e. The Morgan fingerprint density at radius 1 is 1.32 bits per heavy atom. The second-order valence-corrected chi connectivity index (χ2v) is 6.26. The van der Waals surface area contributed by atoms with Crippen LogP contribution in [-0.4, -0.2) is 42.5 Å². The van der Waals surface area contributed by atoms with Gasteiger partial charge in [-0.3, -0.25) is 4.79 Å². The van der Waals surface area contributed by atoms with Gasteiger partial charge in [-0.25, -0.2) is 4.98 Å². The van der Waals surface area contributed by atoms with E-state index in [4.69, 9.17) is 11.6 Å². The van der Waals surface area contributed by atoms with E-state index in [1.165, 1.54) is 0 Å². The van der Waals surface area contributed by atoms with E-state index in [2.05, 4.69) is 10.3 Å². The molecule has 0 saturated carbocycles. The topological polar surface area (TPSA) is 45.2 Å². The van der Waals surface area contributed by atoms with E-state index in [1.807, 2.05) is 30.1 Å². The van der Waals surface area contributed by atoms with Crippen molar-refractivity contribution in [2.45, 2.75) is 12.8 Å². The van der Waals surface area contributed by atoms with Gasteiger partial charge in [0.2, 0.25) is 0 Å². The van der Waals surface area contributed by atoms with Crippen LogP contribution in [0, 0.1) is 5.92 Å². The summed E-state index contributed by atoms with van der Waals surface area (Å²) in [5.41, 5.74) is 1.27. The molecule has 22 heavy (non-hydrogen) atoms. The Hall–Kier alpha value is -1.65. The first-order valence-corrected chi connectivity index (χ1v) is 8.05. The quantitative estimate of drug-likeness (QED) is 0.946. The van der Waals surface area contributed by atoms with E-state index >= 15 is 0 Å². The fourth-order valence-electron chi connectivity index (χ4n) is 3.00. The van der Waals surface area contributed by atoms with Gasteiger partial charge in [0.25, 0.3) is 5.91 Å². The monoisotopic (exact) mass is 317 g/mol. The molecule has 1 aromatic heterocycles. The van der Waals surface area contributed by atoms with Crippen molar-refractivity contribution in [2.24, 2.45) is 5.92 Å². The molecular formula is C17H20ClN3O. The van der Waals surface area contributed by atoms with Crippen LogP contribution in [0.2, 0.25) is 5.02 Å². The maximum absolute atomic E-state index is 12.6. The van der Waals surface area contributed by atoms with Gasteiger partial charge >= 0.3 is 0 Å². The molecular weight excluding hydrogens is 298 g/mol. The Bertz CT molecular complexity index is 681. The zero-order valence-corrected chi connectivity index (χ0v) is 13.4. The van der Waals surface area contributed by atoms with E-state index in [-0.39, 0.29) is 5.91 Å². The Morgan fingerprint density at radius 2 is 2.05 bits per heavy atom. The smallest absolute Gasteiger partial charge is 0.272 e. The average molecular weight is 318 g/mol. The molecule has 2 aromatic rings. The van der Waals surface area contributed by atoms with E-state index in [0.29, 0.717) is 16.6 Å². The third kappa shape index (κ3) is 3.23. The number of fused-ring (bicyclic) bond motifs is 1. The van der Waals surface area contributed by atoms with Gasteiger partial charge in [-0.2, -0.15) is 0 Å². The minimum Gasteiger partial charge on any atom is -0.337 e. The lowest BCUT2D eigenvalue weighted by Gasteiger charge is -2.31. The summed E-state index contributed by atoms with van der Waals surface area (Å²) < 4.78 is 0. The second-order valence-electron chi connectivity index (χ2n) is 5.83. The number of piperidine rings is 1. The number of hydrogen-bond donors (Lipinski definition) is 1. The molecule has 1 aromatic carbocycles. The minimum absolute atomic E-state index is 0.0183. The maximum atomic E-state index is 12.6. The van der Waals surface area contributed by atoms with Gasteiger partial charge in [-0.15, -0.1) is 0 Å². The standard InChI is InChI=1S/C17H20ClN3O/c1-19-11-12-6-8-21(9-7-12)17(22)15-5-3-13-2-4-14(18)10-16(13)20-15/h2-5,10,12,19H,6-9,11H2,1H3. The molecule has 1 saturated heterocycles. The Labute approximate surface area is 135 Å². The first-order valence-electron chi connectivity index (χ1n) is 7.67. The van der Waals surface area contributed by atoms with Crippen LogP contribution in [0.5, 0.6) is 0 Å².